The van der Waals surface area contributed by atoms with E-state index in [9.17, 15) is 0 Å². The van der Waals surface area contributed by atoms with Gasteiger partial charge in [0.15, 0.2) is 0 Å². The molecule has 0 aliphatic heterocycles. The number of furan rings is 1. The van der Waals surface area contributed by atoms with Crippen LogP contribution in [0.3, 0.4) is 0 Å². The summed E-state index contributed by atoms with van der Waals surface area (Å²) in [4.78, 5) is 2.17. The second-order valence-corrected chi connectivity index (χ2v) is 4.38. The van der Waals surface area contributed by atoms with Gasteiger partial charge in [-0.1, -0.05) is 18.2 Å². The fourth-order valence-corrected chi connectivity index (χ4v) is 1.76. The predicted molar refractivity (Wildman–Crippen MR) is 69.9 cm³/mol. The average molecular weight is 230 g/mol. The van der Waals surface area contributed by atoms with Crippen molar-refractivity contribution in [3.63, 3.8) is 0 Å². The van der Waals surface area contributed by atoms with Crippen molar-refractivity contribution in [2.75, 3.05) is 19.4 Å². The Morgan fingerprint density at radius 2 is 2.00 bits per heavy atom. The maximum atomic E-state index is 5.05. The Balaban J connectivity index is 2.04. The molecule has 0 fully saturated rings. The molecule has 2 rings (SSSR count). The van der Waals surface area contributed by atoms with E-state index in [0.29, 0.717) is 0 Å². The minimum absolute atomic E-state index is 0.793. The molecule has 0 spiro atoms. The summed E-state index contributed by atoms with van der Waals surface area (Å²) in [5.41, 5.74) is 3.65. The summed E-state index contributed by atoms with van der Waals surface area (Å²) in [6, 6.07) is 10.4. The van der Waals surface area contributed by atoms with E-state index < -0.39 is 0 Å². The monoisotopic (exact) mass is 230 g/mol. The van der Waals surface area contributed by atoms with Gasteiger partial charge in [-0.05, 0) is 31.8 Å². The van der Waals surface area contributed by atoms with Crippen molar-refractivity contribution in [1.29, 1.82) is 0 Å². The maximum Gasteiger partial charge on any atom is 0.0952 e. The summed E-state index contributed by atoms with van der Waals surface area (Å²) in [7, 11) is 4.15. The smallest absolute Gasteiger partial charge is 0.0952 e. The van der Waals surface area contributed by atoms with Crippen LogP contribution in [0.25, 0.3) is 0 Å². The third-order valence-electron chi connectivity index (χ3n) is 2.57. The molecule has 3 heteroatoms. The summed E-state index contributed by atoms with van der Waals surface area (Å²) in [6.07, 6.45) is 3.46. The zero-order chi connectivity index (χ0) is 12.1. The molecule has 17 heavy (non-hydrogen) atoms. The summed E-state index contributed by atoms with van der Waals surface area (Å²) in [5.74, 6) is 0. The second kappa shape index (κ2) is 5.55. The molecule has 0 aliphatic rings. The summed E-state index contributed by atoms with van der Waals surface area (Å²) in [5, 5.41) is 3.43. The lowest BCUT2D eigenvalue weighted by atomic mass is 10.1. The molecule has 1 heterocycles. The molecule has 1 aromatic heterocycles. The fourth-order valence-electron chi connectivity index (χ4n) is 1.76. The Kier molecular flexibility index (Phi) is 3.83. The van der Waals surface area contributed by atoms with Crippen molar-refractivity contribution >= 4 is 5.69 Å². The highest BCUT2D eigenvalue weighted by atomic mass is 16.3. The summed E-state index contributed by atoms with van der Waals surface area (Å²) in [6.45, 7) is 1.73. The largest absolute Gasteiger partial charge is 0.472 e. The highest BCUT2D eigenvalue weighted by Crippen LogP contribution is 2.17. The Labute approximate surface area is 102 Å². The highest BCUT2D eigenvalue weighted by Gasteiger charge is 2.02. The minimum atomic E-state index is 0.793. The van der Waals surface area contributed by atoms with Crippen LogP contribution >= 0.6 is 0 Å². The van der Waals surface area contributed by atoms with E-state index in [1.165, 1.54) is 11.3 Å². The molecule has 0 radical (unpaired) electrons. The van der Waals surface area contributed by atoms with Gasteiger partial charge in [0.1, 0.15) is 0 Å². The topological polar surface area (TPSA) is 28.4 Å². The SMILES string of the molecule is CN(C)Cc1ccccc1NCc1ccoc1. The third-order valence-corrected chi connectivity index (χ3v) is 2.57. The lowest BCUT2D eigenvalue weighted by Gasteiger charge is -2.15. The number of nitrogens with one attached hydrogen (secondary N) is 1. The fraction of sp³-hybridized carbons (Fsp3) is 0.286. The standard InChI is InChI=1S/C14H18N2O/c1-16(2)10-13-5-3-4-6-14(13)15-9-12-7-8-17-11-12/h3-8,11,15H,9-10H2,1-2H3. The van der Waals surface area contributed by atoms with Crippen molar-refractivity contribution in [2.45, 2.75) is 13.1 Å². The minimum Gasteiger partial charge on any atom is -0.472 e. The first-order chi connectivity index (χ1) is 8.25. The molecular formula is C14H18N2O. The molecule has 3 nitrogen and oxygen atoms in total. The lowest BCUT2D eigenvalue weighted by Crippen LogP contribution is -2.12. The second-order valence-electron chi connectivity index (χ2n) is 4.38. The Morgan fingerprint density at radius 1 is 1.18 bits per heavy atom. The van der Waals surface area contributed by atoms with Gasteiger partial charge in [-0.25, -0.2) is 0 Å². The first-order valence-corrected chi connectivity index (χ1v) is 5.73. The number of nitrogens with zero attached hydrogens (tertiary/aromatic N) is 1. The van der Waals surface area contributed by atoms with E-state index in [1.807, 2.05) is 6.07 Å². The van der Waals surface area contributed by atoms with Gasteiger partial charge in [0.25, 0.3) is 0 Å². The van der Waals surface area contributed by atoms with Crippen LogP contribution in [0.4, 0.5) is 5.69 Å². The van der Waals surface area contributed by atoms with E-state index in [2.05, 4.69) is 48.6 Å². The van der Waals surface area contributed by atoms with Crippen molar-refractivity contribution < 1.29 is 4.42 Å². The molecule has 0 atom stereocenters. The molecule has 0 aliphatic carbocycles. The van der Waals surface area contributed by atoms with Crippen LogP contribution < -0.4 is 5.32 Å². The zero-order valence-corrected chi connectivity index (χ0v) is 10.3. The Bertz CT molecular complexity index is 449. The molecule has 1 aromatic carbocycles. The molecule has 90 valence electrons. The first kappa shape index (κ1) is 11.7. The highest BCUT2D eigenvalue weighted by molar-refractivity contribution is 5.51. The Hall–Kier alpha value is -1.74. The molecule has 0 amide bonds. The van der Waals surface area contributed by atoms with Crippen molar-refractivity contribution in [3.8, 4) is 0 Å². The quantitative estimate of drug-likeness (QED) is 0.856. The van der Waals surface area contributed by atoms with Gasteiger partial charge in [-0.3, -0.25) is 0 Å². The van der Waals surface area contributed by atoms with Gasteiger partial charge in [0.2, 0.25) is 0 Å². The first-order valence-electron chi connectivity index (χ1n) is 5.73. The maximum absolute atomic E-state index is 5.05. The van der Waals surface area contributed by atoms with Crippen molar-refractivity contribution in [3.05, 3.63) is 54.0 Å². The van der Waals surface area contributed by atoms with Crippen molar-refractivity contribution in [2.24, 2.45) is 0 Å². The molecule has 2 aromatic rings. The zero-order valence-electron chi connectivity index (χ0n) is 10.3. The van der Waals surface area contributed by atoms with Gasteiger partial charge in [-0.2, -0.15) is 0 Å². The number of anilines is 1. The van der Waals surface area contributed by atoms with Crippen LogP contribution in [-0.4, -0.2) is 19.0 Å². The van der Waals surface area contributed by atoms with Crippen LogP contribution in [0.5, 0.6) is 0 Å². The van der Waals surface area contributed by atoms with Gasteiger partial charge < -0.3 is 14.6 Å². The third kappa shape index (κ3) is 3.36. The van der Waals surface area contributed by atoms with Crippen LogP contribution in [0.15, 0.2) is 47.3 Å². The van der Waals surface area contributed by atoms with E-state index in [-0.39, 0.29) is 0 Å². The molecule has 0 unspecified atom stereocenters. The van der Waals surface area contributed by atoms with Gasteiger partial charge in [0.05, 0.1) is 12.5 Å². The van der Waals surface area contributed by atoms with Crippen LogP contribution in [0.1, 0.15) is 11.1 Å². The van der Waals surface area contributed by atoms with Crippen LogP contribution in [0.2, 0.25) is 0 Å². The summed E-state index contributed by atoms with van der Waals surface area (Å²) >= 11 is 0. The molecule has 0 saturated carbocycles. The number of benzene rings is 1. The summed E-state index contributed by atoms with van der Waals surface area (Å²) < 4.78 is 5.05. The number of hydrogen-bond donors (Lipinski definition) is 1. The molecule has 0 saturated heterocycles. The van der Waals surface area contributed by atoms with Gasteiger partial charge in [0, 0.05) is 24.3 Å². The average Bonchev–Trinajstić information content (AvgIpc) is 2.80. The van der Waals surface area contributed by atoms with Crippen LogP contribution in [-0.2, 0) is 13.1 Å². The number of rotatable bonds is 5. The van der Waals surface area contributed by atoms with E-state index in [4.69, 9.17) is 4.42 Å². The van der Waals surface area contributed by atoms with Gasteiger partial charge >= 0.3 is 0 Å². The molecular weight excluding hydrogens is 212 g/mol. The van der Waals surface area contributed by atoms with E-state index >= 15 is 0 Å². The number of para-hydroxylation sites is 1. The molecule has 0 bridgehead atoms. The number of hydrogen-bond acceptors (Lipinski definition) is 3. The Morgan fingerprint density at radius 3 is 2.71 bits per heavy atom. The van der Waals surface area contributed by atoms with E-state index in [0.717, 1.165) is 18.7 Å². The van der Waals surface area contributed by atoms with E-state index in [1.54, 1.807) is 12.5 Å². The predicted octanol–water partition coefficient (Wildman–Crippen LogP) is 2.95. The van der Waals surface area contributed by atoms with Crippen molar-refractivity contribution in [1.82, 2.24) is 4.90 Å². The van der Waals surface area contributed by atoms with Crippen LogP contribution in [0, 0.1) is 0 Å². The van der Waals surface area contributed by atoms with Gasteiger partial charge in [-0.15, -0.1) is 0 Å². The normalized spacial score (nSPS) is 10.8. The molecule has 1 N–H and O–H groups in total. The lowest BCUT2D eigenvalue weighted by molar-refractivity contribution is 0.403.